The van der Waals surface area contributed by atoms with E-state index < -0.39 is 0 Å². The fraction of sp³-hybridized carbons (Fsp3) is 0.923. The highest BCUT2D eigenvalue weighted by molar-refractivity contribution is 5.79. The van der Waals surface area contributed by atoms with Crippen molar-refractivity contribution in [1.82, 2.24) is 0 Å². The molecule has 2 heteroatoms. The number of carbonyl (C=O) groups excluding carboxylic acids is 1. The maximum atomic E-state index is 11.9. The molecule has 1 spiro atoms. The van der Waals surface area contributed by atoms with E-state index in [4.69, 9.17) is 4.74 Å². The van der Waals surface area contributed by atoms with Crippen molar-refractivity contribution < 1.29 is 9.53 Å². The number of hydrogen-bond donors (Lipinski definition) is 0. The van der Waals surface area contributed by atoms with E-state index in [0.717, 1.165) is 30.6 Å². The van der Waals surface area contributed by atoms with Crippen LogP contribution in [0.3, 0.4) is 0 Å². The Kier molecular flexibility index (Phi) is 1.93. The van der Waals surface area contributed by atoms with Gasteiger partial charge in [-0.25, -0.2) is 0 Å². The van der Waals surface area contributed by atoms with E-state index in [1.54, 1.807) is 0 Å². The third-order valence-corrected chi connectivity index (χ3v) is 5.12. The molecule has 0 aromatic heterocycles. The van der Waals surface area contributed by atoms with Crippen LogP contribution in [0.2, 0.25) is 0 Å². The highest BCUT2D eigenvalue weighted by atomic mass is 16.5. The zero-order valence-corrected chi connectivity index (χ0v) is 9.66. The summed E-state index contributed by atoms with van der Waals surface area (Å²) < 4.78 is 5.23. The summed E-state index contributed by atoms with van der Waals surface area (Å²) >= 11 is 0. The van der Waals surface area contributed by atoms with Gasteiger partial charge in [-0.15, -0.1) is 0 Å². The second-order valence-electron chi connectivity index (χ2n) is 6.10. The summed E-state index contributed by atoms with van der Waals surface area (Å²) in [5, 5.41) is 0. The molecule has 1 heterocycles. The molecule has 4 atom stereocenters. The summed E-state index contributed by atoms with van der Waals surface area (Å²) in [6, 6.07) is 0. The van der Waals surface area contributed by atoms with Gasteiger partial charge in [-0.05, 0) is 49.4 Å². The molecular weight excluding hydrogens is 188 g/mol. The lowest BCUT2D eigenvalue weighted by Crippen LogP contribution is -2.38. The van der Waals surface area contributed by atoms with E-state index in [1.165, 1.54) is 12.8 Å². The Morgan fingerprint density at radius 2 is 2.20 bits per heavy atom. The molecule has 2 saturated carbocycles. The Hall–Kier alpha value is -0.530. The predicted octanol–water partition coefficient (Wildman–Crippen LogP) is 2.62. The first-order valence-electron chi connectivity index (χ1n) is 6.31. The summed E-state index contributed by atoms with van der Waals surface area (Å²) in [4.78, 5) is 11.9. The molecule has 1 saturated heterocycles. The predicted molar refractivity (Wildman–Crippen MR) is 57.2 cm³/mol. The van der Waals surface area contributed by atoms with Crippen LogP contribution in [-0.4, -0.2) is 12.6 Å². The Balaban J connectivity index is 1.91. The van der Waals surface area contributed by atoms with Crippen LogP contribution < -0.4 is 0 Å². The first-order chi connectivity index (χ1) is 7.13. The van der Waals surface area contributed by atoms with Gasteiger partial charge in [-0.1, -0.05) is 13.8 Å². The van der Waals surface area contributed by atoms with Crippen LogP contribution in [0.15, 0.2) is 0 Å². The van der Waals surface area contributed by atoms with Crippen molar-refractivity contribution in [3.63, 3.8) is 0 Å². The van der Waals surface area contributed by atoms with Crippen molar-refractivity contribution in [3.8, 4) is 0 Å². The van der Waals surface area contributed by atoms with E-state index >= 15 is 0 Å². The Morgan fingerprint density at radius 1 is 1.40 bits per heavy atom. The molecule has 4 unspecified atom stereocenters. The standard InChI is InChI=1S/C13H20O2/c1-8(2)10-5-9-6-11(10)13(7-9)3-4-15-12(13)14/h8-11H,3-7H2,1-2H3. The summed E-state index contributed by atoms with van der Waals surface area (Å²) in [7, 11) is 0. The first kappa shape index (κ1) is 9.68. The lowest BCUT2D eigenvalue weighted by molar-refractivity contribution is -0.150. The lowest BCUT2D eigenvalue weighted by atomic mass is 9.65. The monoisotopic (exact) mass is 208 g/mol. The molecule has 2 nitrogen and oxygen atoms in total. The fourth-order valence-corrected chi connectivity index (χ4v) is 4.48. The zero-order chi connectivity index (χ0) is 10.6. The average Bonchev–Trinajstić information content (AvgIpc) is 2.82. The van der Waals surface area contributed by atoms with Crippen molar-refractivity contribution in [1.29, 1.82) is 0 Å². The lowest BCUT2D eigenvalue weighted by Gasteiger charge is -2.37. The van der Waals surface area contributed by atoms with Gasteiger partial charge in [0.25, 0.3) is 0 Å². The van der Waals surface area contributed by atoms with Crippen molar-refractivity contribution in [2.75, 3.05) is 6.61 Å². The van der Waals surface area contributed by atoms with Crippen LogP contribution in [0.5, 0.6) is 0 Å². The Bertz CT molecular complexity index is 297. The maximum Gasteiger partial charge on any atom is 0.312 e. The highest BCUT2D eigenvalue weighted by Gasteiger charge is 2.62. The Morgan fingerprint density at radius 3 is 2.73 bits per heavy atom. The second kappa shape index (κ2) is 2.99. The molecule has 0 radical (unpaired) electrons. The molecule has 3 fully saturated rings. The number of esters is 1. The molecule has 15 heavy (non-hydrogen) atoms. The van der Waals surface area contributed by atoms with E-state index in [0.29, 0.717) is 12.5 Å². The normalized spacial score (nSPS) is 48.2. The summed E-state index contributed by atoms with van der Waals surface area (Å²) in [6.45, 7) is 5.28. The number of carbonyl (C=O) groups is 1. The van der Waals surface area contributed by atoms with E-state index in [1.807, 2.05) is 0 Å². The third-order valence-electron chi connectivity index (χ3n) is 5.12. The molecule has 3 aliphatic rings. The number of hydrogen-bond acceptors (Lipinski definition) is 2. The quantitative estimate of drug-likeness (QED) is 0.619. The fourth-order valence-electron chi connectivity index (χ4n) is 4.48. The van der Waals surface area contributed by atoms with Crippen LogP contribution in [0, 0.1) is 29.1 Å². The molecule has 0 N–H and O–H groups in total. The highest BCUT2D eigenvalue weighted by Crippen LogP contribution is 2.63. The molecular formula is C13H20O2. The van der Waals surface area contributed by atoms with Gasteiger partial charge in [0.15, 0.2) is 0 Å². The van der Waals surface area contributed by atoms with Gasteiger partial charge in [0.2, 0.25) is 0 Å². The topological polar surface area (TPSA) is 26.3 Å². The second-order valence-corrected chi connectivity index (χ2v) is 6.10. The smallest absolute Gasteiger partial charge is 0.312 e. The van der Waals surface area contributed by atoms with Crippen molar-refractivity contribution >= 4 is 5.97 Å². The molecule has 0 aromatic rings. The largest absolute Gasteiger partial charge is 0.465 e. The van der Waals surface area contributed by atoms with Crippen LogP contribution in [-0.2, 0) is 9.53 Å². The van der Waals surface area contributed by atoms with Crippen LogP contribution in [0.1, 0.15) is 39.5 Å². The van der Waals surface area contributed by atoms with Crippen LogP contribution >= 0.6 is 0 Å². The van der Waals surface area contributed by atoms with Crippen molar-refractivity contribution in [2.45, 2.75) is 39.5 Å². The molecule has 0 amide bonds. The number of ether oxygens (including phenoxy) is 1. The summed E-state index contributed by atoms with van der Waals surface area (Å²) in [5.74, 6) is 3.07. The van der Waals surface area contributed by atoms with Crippen molar-refractivity contribution in [3.05, 3.63) is 0 Å². The molecule has 84 valence electrons. The third kappa shape index (κ3) is 1.14. The molecule has 2 bridgehead atoms. The first-order valence-corrected chi connectivity index (χ1v) is 6.31. The summed E-state index contributed by atoms with van der Waals surface area (Å²) in [6.07, 6.45) is 4.77. The number of rotatable bonds is 1. The maximum absolute atomic E-state index is 11.9. The summed E-state index contributed by atoms with van der Waals surface area (Å²) in [5.41, 5.74) is -0.0438. The minimum absolute atomic E-state index is 0.0438. The van der Waals surface area contributed by atoms with Crippen LogP contribution in [0.25, 0.3) is 0 Å². The van der Waals surface area contributed by atoms with E-state index in [-0.39, 0.29) is 11.4 Å². The van der Waals surface area contributed by atoms with Gasteiger partial charge < -0.3 is 4.74 Å². The minimum Gasteiger partial charge on any atom is -0.465 e. The molecule has 1 aliphatic heterocycles. The molecule has 2 aliphatic carbocycles. The van der Waals surface area contributed by atoms with Gasteiger partial charge in [-0.2, -0.15) is 0 Å². The SMILES string of the molecule is CC(C)C1CC2CC1C1(CCOC1=O)C2. The van der Waals surface area contributed by atoms with Crippen LogP contribution in [0.4, 0.5) is 0 Å². The zero-order valence-electron chi connectivity index (χ0n) is 9.66. The molecule has 0 aromatic carbocycles. The molecule has 3 rings (SSSR count). The van der Waals surface area contributed by atoms with Gasteiger partial charge in [0, 0.05) is 0 Å². The number of fused-ring (bicyclic) bond motifs is 3. The average molecular weight is 208 g/mol. The number of cyclic esters (lactones) is 1. The van der Waals surface area contributed by atoms with Gasteiger partial charge in [0.05, 0.1) is 12.0 Å². The Labute approximate surface area is 91.4 Å². The van der Waals surface area contributed by atoms with Crippen molar-refractivity contribution in [2.24, 2.45) is 29.1 Å². The van der Waals surface area contributed by atoms with Gasteiger partial charge in [-0.3, -0.25) is 4.79 Å². The van der Waals surface area contributed by atoms with Gasteiger partial charge >= 0.3 is 5.97 Å². The van der Waals surface area contributed by atoms with E-state index in [2.05, 4.69) is 13.8 Å². The van der Waals surface area contributed by atoms with E-state index in [9.17, 15) is 4.79 Å². The van der Waals surface area contributed by atoms with Gasteiger partial charge in [0.1, 0.15) is 0 Å². The minimum atomic E-state index is -0.0438.